The van der Waals surface area contributed by atoms with Crippen molar-refractivity contribution in [3.05, 3.63) is 28.8 Å². The fraction of sp³-hybridized carbons (Fsp3) is 0.588. The number of carbonyl (C=O) groups excluding carboxylic acids is 1. The Bertz CT molecular complexity index is 553. The van der Waals surface area contributed by atoms with E-state index in [-0.39, 0.29) is 18.5 Å². The second kappa shape index (κ2) is 9.21. The molecule has 23 heavy (non-hydrogen) atoms. The number of hydrogen-bond donors (Lipinski definition) is 1. The van der Waals surface area contributed by atoms with E-state index in [2.05, 4.69) is 5.32 Å². The molecule has 0 aromatic heterocycles. The van der Waals surface area contributed by atoms with Crippen molar-refractivity contribution in [2.24, 2.45) is 0 Å². The van der Waals surface area contributed by atoms with Crippen LogP contribution < -0.4 is 5.32 Å². The number of aryl methyl sites for hydroxylation is 3. The molecule has 0 unspecified atom stereocenters. The lowest BCUT2D eigenvalue weighted by Gasteiger charge is -2.17. The van der Waals surface area contributed by atoms with E-state index in [0.717, 1.165) is 16.8 Å². The van der Waals surface area contributed by atoms with Crippen LogP contribution in [0.4, 0.5) is 5.69 Å². The van der Waals surface area contributed by atoms with Gasteiger partial charge in [-0.05, 0) is 52.2 Å². The summed E-state index contributed by atoms with van der Waals surface area (Å²) in [5, 5.41) is 2.95. The minimum Gasteiger partial charge on any atom is -0.326 e. The fourth-order valence-corrected chi connectivity index (χ4v) is 4.24. The van der Waals surface area contributed by atoms with Gasteiger partial charge in [-0.2, -0.15) is 0 Å². The first-order chi connectivity index (χ1) is 10.8. The molecule has 1 amide bonds. The van der Waals surface area contributed by atoms with E-state index in [4.69, 9.17) is 9.05 Å². The molecular formula is C17H28NO4P. The summed E-state index contributed by atoms with van der Waals surface area (Å²) in [5.41, 5.74) is 4.13. The van der Waals surface area contributed by atoms with Gasteiger partial charge in [0.25, 0.3) is 0 Å². The Morgan fingerprint density at radius 1 is 1.09 bits per heavy atom. The molecule has 0 saturated heterocycles. The number of carbonyl (C=O) groups is 1. The van der Waals surface area contributed by atoms with Gasteiger partial charge in [0, 0.05) is 12.1 Å². The lowest BCUT2D eigenvalue weighted by Crippen LogP contribution is -2.14. The number of amides is 1. The van der Waals surface area contributed by atoms with Gasteiger partial charge < -0.3 is 14.4 Å². The summed E-state index contributed by atoms with van der Waals surface area (Å²) in [5.74, 6) is -0.0837. The van der Waals surface area contributed by atoms with Crippen LogP contribution in [0.3, 0.4) is 0 Å². The molecule has 1 rings (SSSR count). The molecular weight excluding hydrogens is 313 g/mol. The van der Waals surface area contributed by atoms with E-state index in [9.17, 15) is 9.36 Å². The first-order valence-corrected chi connectivity index (χ1v) is 9.80. The van der Waals surface area contributed by atoms with Crippen LogP contribution in [0, 0.1) is 20.8 Å². The van der Waals surface area contributed by atoms with Crippen LogP contribution in [0.25, 0.3) is 0 Å². The third-order valence-electron chi connectivity index (χ3n) is 3.43. The van der Waals surface area contributed by atoms with Crippen LogP contribution >= 0.6 is 7.60 Å². The van der Waals surface area contributed by atoms with Gasteiger partial charge in [-0.3, -0.25) is 9.36 Å². The maximum absolute atomic E-state index is 12.3. The van der Waals surface area contributed by atoms with Gasteiger partial charge in [0.05, 0.1) is 19.4 Å². The standard InChI is InChI=1S/C17H28NO4P/c1-6-21-23(20,22-7-2)10-8-9-16(19)18-17-14(4)11-13(3)12-15(17)5/h11-12H,6-10H2,1-5H3,(H,18,19). The summed E-state index contributed by atoms with van der Waals surface area (Å²) in [4.78, 5) is 12.1. The van der Waals surface area contributed by atoms with Crippen molar-refractivity contribution in [1.29, 1.82) is 0 Å². The van der Waals surface area contributed by atoms with E-state index in [1.165, 1.54) is 5.56 Å². The Hall–Kier alpha value is -1.16. The van der Waals surface area contributed by atoms with Gasteiger partial charge in [-0.15, -0.1) is 0 Å². The van der Waals surface area contributed by atoms with E-state index in [1.807, 2.05) is 32.9 Å². The summed E-state index contributed by atoms with van der Waals surface area (Å²) in [7, 11) is -3.06. The molecule has 0 heterocycles. The fourth-order valence-electron chi connectivity index (χ4n) is 2.57. The summed E-state index contributed by atoms with van der Waals surface area (Å²) < 4.78 is 22.8. The second-order valence-corrected chi connectivity index (χ2v) is 7.78. The average Bonchev–Trinajstić information content (AvgIpc) is 2.43. The first-order valence-electron chi connectivity index (χ1n) is 8.07. The molecule has 1 aromatic rings. The third-order valence-corrected chi connectivity index (χ3v) is 5.60. The van der Waals surface area contributed by atoms with E-state index < -0.39 is 7.60 Å². The van der Waals surface area contributed by atoms with Crippen LogP contribution in [-0.4, -0.2) is 25.3 Å². The summed E-state index contributed by atoms with van der Waals surface area (Å²) in [6.45, 7) is 10.2. The van der Waals surface area contributed by atoms with E-state index in [0.29, 0.717) is 19.6 Å². The molecule has 1 N–H and O–H groups in total. The van der Waals surface area contributed by atoms with Crippen molar-refractivity contribution in [2.75, 3.05) is 24.7 Å². The molecule has 5 nitrogen and oxygen atoms in total. The number of benzene rings is 1. The highest BCUT2D eigenvalue weighted by Crippen LogP contribution is 2.48. The van der Waals surface area contributed by atoms with Crippen LogP contribution in [-0.2, 0) is 18.4 Å². The second-order valence-electron chi connectivity index (χ2n) is 5.60. The number of rotatable bonds is 9. The van der Waals surface area contributed by atoms with Crippen molar-refractivity contribution in [2.45, 2.75) is 47.5 Å². The number of nitrogens with one attached hydrogen (secondary N) is 1. The highest BCUT2D eigenvalue weighted by Gasteiger charge is 2.23. The summed E-state index contributed by atoms with van der Waals surface area (Å²) >= 11 is 0. The van der Waals surface area contributed by atoms with Gasteiger partial charge in [0.15, 0.2) is 0 Å². The zero-order valence-corrected chi connectivity index (χ0v) is 15.7. The molecule has 0 spiro atoms. The lowest BCUT2D eigenvalue weighted by atomic mass is 10.0. The van der Waals surface area contributed by atoms with E-state index in [1.54, 1.807) is 13.8 Å². The maximum atomic E-state index is 12.3. The van der Waals surface area contributed by atoms with Gasteiger partial charge in [-0.25, -0.2) is 0 Å². The van der Waals surface area contributed by atoms with Crippen molar-refractivity contribution in [3.8, 4) is 0 Å². The monoisotopic (exact) mass is 341 g/mol. The van der Waals surface area contributed by atoms with Gasteiger partial charge in [-0.1, -0.05) is 17.7 Å². The van der Waals surface area contributed by atoms with Crippen molar-refractivity contribution < 1.29 is 18.4 Å². The smallest absolute Gasteiger partial charge is 0.326 e. The molecule has 0 atom stereocenters. The predicted octanol–water partition coefficient (Wildman–Crippen LogP) is 4.60. The Morgan fingerprint density at radius 3 is 2.09 bits per heavy atom. The summed E-state index contributed by atoms with van der Waals surface area (Å²) in [6, 6.07) is 4.09. The Morgan fingerprint density at radius 2 is 1.61 bits per heavy atom. The zero-order chi connectivity index (χ0) is 17.5. The predicted molar refractivity (Wildman–Crippen MR) is 94.2 cm³/mol. The van der Waals surface area contributed by atoms with Crippen molar-refractivity contribution in [1.82, 2.24) is 0 Å². The maximum Gasteiger partial charge on any atom is 0.330 e. The first kappa shape index (κ1) is 19.9. The van der Waals surface area contributed by atoms with E-state index >= 15 is 0 Å². The number of hydrogen-bond acceptors (Lipinski definition) is 4. The molecule has 0 aliphatic rings. The SMILES string of the molecule is CCOP(=O)(CCCC(=O)Nc1c(C)cc(C)cc1C)OCC. The molecule has 0 fully saturated rings. The minimum absolute atomic E-state index is 0.0837. The van der Waals surface area contributed by atoms with Crippen LogP contribution in [0.5, 0.6) is 0 Å². The molecule has 6 heteroatoms. The molecule has 0 aliphatic carbocycles. The van der Waals surface area contributed by atoms with Crippen molar-refractivity contribution >= 4 is 19.2 Å². The summed E-state index contributed by atoms with van der Waals surface area (Å²) in [6.07, 6.45) is 1.01. The topological polar surface area (TPSA) is 64.6 Å². The molecule has 0 saturated carbocycles. The molecule has 0 bridgehead atoms. The van der Waals surface area contributed by atoms with Crippen LogP contribution in [0.2, 0.25) is 0 Å². The normalized spacial score (nSPS) is 11.5. The third kappa shape index (κ3) is 6.46. The average molecular weight is 341 g/mol. The Kier molecular flexibility index (Phi) is 7.97. The molecule has 130 valence electrons. The van der Waals surface area contributed by atoms with Crippen LogP contribution in [0.15, 0.2) is 12.1 Å². The van der Waals surface area contributed by atoms with Crippen LogP contribution in [0.1, 0.15) is 43.4 Å². The van der Waals surface area contributed by atoms with Crippen molar-refractivity contribution in [3.63, 3.8) is 0 Å². The Labute approximate surface area is 139 Å². The minimum atomic E-state index is -3.06. The largest absolute Gasteiger partial charge is 0.330 e. The lowest BCUT2D eigenvalue weighted by molar-refractivity contribution is -0.116. The highest BCUT2D eigenvalue weighted by atomic mass is 31.2. The quantitative estimate of drug-likeness (QED) is 0.667. The Balaban J connectivity index is 2.56. The van der Waals surface area contributed by atoms with Gasteiger partial charge >= 0.3 is 7.60 Å². The van der Waals surface area contributed by atoms with Gasteiger partial charge in [0.2, 0.25) is 5.91 Å². The zero-order valence-electron chi connectivity index (χ0n) is 14.8. The number of anilines is 1. The molecule has 0 radical (unpaired) electrons. The highest BCUT2D eigenvalue weighted by molar-refractivity contribution is 7.53. The molecule has 1 aromatic carbocycles. The van der Waals surface area contributed by atoms with Gasteiger partial charge in [0.1, 0.15) is 0 Å². The molecule has 0 aliphatic heterocycles.